The number of hydrogen-bond acceptors (Lipinski definition) is 1. The number of aryl methyl sites for hydroxylation is 1. The zero-order valence-corrected chi connectivity index (χ0v) is 9.84. The second kappa shape index (κ2) is 6.20. The van der Waals surface area contributed by atoms with E-state index >= 15 is 0 Å². The predicted octanol–water partition coefficient (Wildman–Crippen LogP) is 1.35. The Hall–Kier alpha value is -0.301. The molecule has 0 radical (unpaired) electrons. The van der Waals surface area contributed by atoms with E-state index in [2.05, 4.69) is 31.2 Å². The molecule has 2 N–H and O–H groups in total. The molecule has 1 aromatic rings. The van der Waals surface area contributed by atoms with Gasteiger partial charge < -0.3 is 0 Å². The summed E-state index contributed by atoms with van der Waals surface area (Å²) in [5.41, 5.74) is 6.92. The Labute approximate surface area is 86.9 Å². The molecule has 0 saturated heterocycles. The summed E-state index contributed by atoms with van der Waals surface area (Å²) in [6.45, 7) is 3.03. The van der Waals surface area contributed by atoms with Crippen molar-refractivity contribution in [3.63, 3.8) is 0 Å². The van der Waals surface area contributed by atoms with Gasteiger partial charge in [-0.2, -0.15) is 0 Å². The molecule has 1 aromatic carbocycles. The molecule has 1 rings (SSSR count). The van der Waals surface area contributed by atoms with Gasteiger partial charge in [-0.1, -0.05) is 0 Å². The second-order valence-corrected chi connectivity index (χ2v) is 5.48. The van der Waals surface area contributed by atoms with Crippen molar-refractivity contribution in [2.75, 3.05) is 6.54 Å². The molecule has 0 aliphatic heterocycles. The van der Waals surface area contributed by atoms with Crippen LogP contribution in [0.15, 0.2) is 24.3 Å². The third-order valence-electron chi connectivity index (χ3n) is 1.85. The van der Waals surface area contributed by atoms with Gasteiger partial charge in [0.2, 0.25) is 0 Å². The molecular formula is C11H17NSe. The fourth-order valence-electron chi connectivity index (χ4n) is 1.22. The first kappa shape index (κ1) is 10.8. The van der Waals surface area contributed by atoms with Gasteiger partial charge in [0.15, 0.2) is 0 Å². The van der Waals surface area contributed by atoms with Crippen molar-refractivity contribution in [1.82, 2.24) is 0 Å². The number of hydrogen-bond donors (Lipinski definition) is 1. The van der Waals surface area contributed by atoms with Crippen LogP contribution < -0.4 is 10.2 Å². The average Bonchev–Trinajstić information content (AvgIpc) is 2.17. The van der Waals surface area contributed by atoms with Crippen molar-refractivity contribution in [2.24, 2.45) is 5.73 Å². The van der Waals surface area contributed by atoms with E-state index < -0.39 is 0 Å². The fourth-order valence-corrected chi connectivity index (χ4v) is 2.65. The first-order chi connectivity index (χ1) is 6.36. The second-order valence-electron chi connectivity index (χ2n) is 3.03. The molecule has 0 spiro atoms. The van der Waals surface area contributed by atoms with E-state index in [0.29, 0.717) is 15.0 Å². The van der Waals surface area contributed by atoms with Gasteiger partial charge in [-0.3, -0.25) is 0 Å². The monoisotopic (exact) mass is 243 g/mol. The Morgan fingerprint density at radius 1 is 1.23 bits per heavy atom. The van der Waals surface area contributed by atoms with Crippen molar-refractivity contribution in [1.29, 1.82) is 0 Å². The summed E-state index contributed by atoms with van der Waals surface area (Å²) < 4.78 is 1.47. The van der Waals surface area contributed by atoms with Gasteiger partial charge in [-0.05, 0) is 0 Å². The molecule has 2 heteroatoms. The molecule has 0 fully saturated rings. The van der Waals surface area contributed by atoms with Crippen LogP contribution in [0.3, 0.4) is 0 Å². The van der Waals surface area contributed by atoms with Gasteiger partial charge in [0.1, 0.15) is 0 Å². The molecule has 0 heterocycles. The SMILES string of the molecule is CCCc1ccc([Se]CCN)cc1. The van der Waals surface area contributed by atoms with Crippen LogP contribution in [-0.4, -0.2) is 21.5 Å². The van der Waals surface area contributed by atoms with Crippen LogP contribution in [0.4, 0.5) is 0 Å². The van der Waals surface area contributed by atoms with E-state index in [1.807, 2.05) is 0 Å². The van der Waals surface area contributed by atoms with E-state index in [0.717, 1.165) is 11.9 Å². The third-order valence-corrected chi connectivity index (χ3v) is 4.04. The van der Waals surface area contributed by atoms with E-state index in [9.17, 15) is 0 Å². The molecule has 0 bridgehead atoms. The Morgan fingerprint density at radius 2 is 1.92 bits per heavy atom. The van der Waals surface area contributed by atoms with Crippen molar-refractivity contribution in [2.45, 2.75) is 25.1 Å². The van der Waals surface area contributed by atoms with Crippen LogP contribution in [0.5, 0.6) is 0 Å². The first-order valence-corrected chi connectivity index (χ1v) is 6.85. The molecule has 0 aliphatic rings. The molecule has 0 atom stereocenters. The third kappa shape index (κ3) is 3.95. The first-order valence-electron chi connectivity index (χ1n) is 4.78. The van der Waals surface area contributed by atoms with Crippen LogP contribution >= 0.6 is 0 Å². The molecule has 0 saturated carbocycles. The van der Waals surface area contributed by atoms with Gasteiger partial charge in [0.05, 0.1) is 0 Å². The molecule has 0 aromatic heterocycles. The minimum atomic E-state index is 0.583. The summed E-state index contributed by atoms with van der Waals surface area (Å²) in [5, 5.41) is 1.15. The molecule has 13 heavy (non-hydrogen) atoms. The van der Waals surface area contributed by atoms with E-state index in [1.54, 1.807) is 0 Å². The quantitative estimate of drug-likeness (QED) is 0.775. The van der Waals surface area contributed by atoms with Crippen LogP contribution in [0, 0.1) is 0 Å². The maximum atomic E-state index is 5.47. The van der Waals surface area contributed by atoms with Crippen LogP contribution in [0.1, 0.15) is 18.9 Å². The van der Waals surface area contributed by atoms with Crippen LogP contribution in [-0.2, 0) is 6.42 Å². The number of nitrogens with two attached hydrogens (primary N) is 1. The summed E-state index contributed by atoms with van der Waals surface area (Å²) in [7, 11) is 0. The van der Waals surface area contributed by atoms with E-state index in [1.165, 1.54) is 22.9 Å². The molecular weight excluding hydrogens is 225 g/mol. The van der Waals surface area contributed by atoms with Crippen molar-refractivity contribution in [3.8, 4) is 0 Å². The molecule has 0 aliphatic carbocycles. The van der Waals surface area contributed by atoms with Gasteiger partial charge in [0, 0.05) is 0 Å². The summed E-state index contributed by atoms with van der Waals surface area (Å²) in [5.74, 6) is 0. The van der Waals surface area contributed by atoms with Gasteiger partial charge >= 0.3 is 86.6 Å². The van der Waals surface area contributed by atoms with Gasteiger partial charge in [0.25, 0.3) is 0 Å². The van der Waals surface area contributed by atoms with E-state index in [4.69, 9.17) is 5.73 Å². The molecule has 1 nitrogen and oxygen atoms in total. The normalized spacial score (nSPS) is 10.3. The summed E-state index contributed by atoms with van der Waals surface area (Å²) in [4.78, 5) is 0. The van der Waals surface area contributed by atoms with Crippen molar-refractivity contribution in [3.05, 3.63) is 29.8 Å². The standard InChI is InChI=1S/C11H17NSe/c1-2-3-10-4-6-11(7-5-10)13-9-8-12/h4-7H,2-3,8-9,12H2,1H3. The Balaban J connectivity index is 2.48. The van der Waals surface area contributed by atoms with E-state index in [-0.39, 0.29) is 0 Å². The molecule has 72 valence electrons. The number of rotatable bonds is 5. The Bertz CT molecular complexity index is 230. The van der Waals surface area contributed by atoms with Crippen molar-refractivity contribution >= 4 is 19.4 Å². The zero-order valence-electron chi connectivity index (χ0n) is 8.12. The Morgan fingerprint density at radius 3 is 2.46 bits per heavy atom. The van der Waals surface area contributed by atoms with Crippen molar-refractivity contribution < 1.29 is 0 Å². The summed E-state index contributed by atoms with van der Waals surface area (Å²) in [6.07, 6.45) is 2.43. The summed E-state index contributed by atoms with van der Waals surface area (Å²) >= 11 is 0.583. The topological polar surface area (TPSA) is 26.0 Å². The maximum absolute atomic E-state index is 5.47. The molecule has 0 amide bonds. The summed E-state index contributed by atoms with van der Waals surface area (Å²) in [6, 6.07) is 9.00. The fraction of sp³-hybridized carbons (Fsp3) is 0.455. The zero-order chi connectivity index (χ0) is 9.52. The minimum absolute atomic E-state index is 0.583. The van der Waals surface area contributed by atoms with Gasteiger partial charge in [-0.25, -0.2) is 0 Å². The number of benzene rings is 1. The molecule has 0 unspecified atom stereocenters. The van der Waals surface area contributed by atoms with Crippen LogP contribution in [0.25, 0.3) is 0 Å². The van der Waals surface area contributed by atoms with Gasteiger partial charge in [-0.15, -0.1) is 0 Å². The Kier molecular flexibility index (Phi) is 5.14. The van der Waals surface area contributed by atoms with Crippen LogP contribution in [0.2, 0.25) is 5.32 Å². The average molecular weight is 242 g/mol. The predicted molar refractivity (Wildman–Crippen MR) is 59.7 cm³/mol.